The van der Waals surface area contributed by atoms with Gasteiger partial charge in [0.2, 0.25) is 0 Å². The summed E-state index contributed by atoms with van der Waals surface area (Å²) in [5.74, 6) is -0.202. The van der Waals surface area contributed by atoms with E-state index < -0.39 is 0 Å². The molecule has 0 spiro atoms. The van der Waals surface area contributed by atoms with E-state index in [0.29, 0.717) is 32.3 Å². The quantitative estimate of drug-likeness (QED) is 0.114. The Balaban J connectivity index is 0.000000280. The molecule has 4 aromatic rings. The van der Waals surface area contributed by atoms with E-state index >= 15 is 0 Å². The topological polar surface area (TPSA) is 142 Å². The first kappa shape index (κ1) is 33.6. The second-order valence-electron chi connectivity index (χ2n) is 7.77. The summed E-state index contributed by atoms with van der Waals surface area (Å²) in [6.07, 6.45) is 2.64. The van der Waals surface area contributed by atoms with Gasteiger partial charge in [0.05, 0.1) is 22.3 Å². The minimum Gasteiger partial charge on any atom is -0.592 e. The van der Waals surface area contributed by atoms with Crippen LogP contribution in [0.5, 0.6) is 11.5 Å². The third-order valence-corrected chi connectivity index (χ3v) is 5.97. The molecule has 0 aliphatic heterocycles. The number of carbonyl (C=O) groups excluding carboxylic acids is 2. The molecule has 0 saturated heterocycles. The van der Waals surface area contributed by atoms with E-state index in [0.717, 1.165) is 0 Å². The molecule has 1 radical (unpaired) electrons. The van der Waals surface area contributed by atoms with Gasteiger partial charge in [-0.3, -0.25) is 9.59 Å². The molecule has 0 atom stereocenters. The van der Waals surface area contributed by atoms with Crippen LogP contribution in [-0.4, -0.2) is 44.0 Å². The molecule has 4 aromatic carbocycles. The second kappa shape index (κ2) is 16.6. The van der Waals surface area contributed by atoms with Crippen LogP contribution in [0.2, 0.25) is 20.1 Å². The normalized spacial score (nSPS) is 10.4. The molecular formula is C28H22Cl4CoN4O4+4. The Morgan fingerprint density at radius 2 is 0.951 bits per heavy atom. The van der Waals surface area contributed by atoms with E-state index in [4.69, 9.17) is 56.6 Å². The number of benzene rings is 4. The molecule has 6 N–H and O–H groups in total. The number of rotatable bonds is 6. The first-order chi connectivity index (χ1) is 19.2. The van der Waals surface area contributed by atoms with Crippen LogP contribution in [0.4, 0.5) is 0 Å². The average Bonchev–Trinajstić information content (AvgIpc) is 2.95. The van der Waals surface area contributed by atoms with Crippen LogP contribution in [0.3, 0.4) is 0 Å². The van der Waals surface area contributed by atoms with Crippen LogP contribution in [0.1, 0.15) is 22.3 Å². The van der Waals surface area contributed by atoms with E-state index in [1.807, 2.05) is 12.1 Å². The van der Waals surface area contributed by atoms with Crippen molar-refractivity contribution in [1.82, 2.24) is 0 Å². The smallest absolute Gasteiger partial charge is 0.592 e. The zero-order valence-electron chi connectivity index (χ0n) is 20.8. The van der Waals surface area contributed by atoms with Gasteiger partial charge in [-0.2, -0.15) is 0 Å². The van der Waals surface area contributed by atoms with Crippen LogP contribution >= 0.6 is 46.4 Å². The predicted molar refractivity (Wildman–Crippen MR) is 166 cm³/mol. The van der Waals surface area contributed by atoms with Gasteiger partial charge in [0.1, 0.15) is 10.0 Å². The molecule has 4 rings (SSSR count). The van der Waals surface area contributed by atoms with Gasteiger partial charge in [0.25, 0.3) is 23.3 Å². The van der Waals surface area contributed by atoms with Gasteiger partial charge < -0.3 is 31.3 Å². The van der Waals surface area contributed by atoms with Crippen molar-refractivity contribution in [2.24, 2.45) is 10.2 Å². The van der Waals surface area contributed by atoms with E-state index in [9.17, 15) is 9.59 Å². The first-order valence-electron chi connectivity index (χ1n) is 11.3. The van der Waals surface area contributed by atoms with Crippen LogP contribution in [-0.2, 0) is 16.8 Å². The molecule has 0 unspecified atom stereocenters. The van der Waals surface area contributed by atoms with Crippen molar-refractivity contribution in [2.75, 3.05) is 0 Å². The minimum atomic E-state index is -0.207. The van der Waals surface area contributed by atoms with Crippen molar-refractivity contribution >= 4 is 70.6 Å². The Labute approximate surface area is 265 Å². The van der Waals surface area contributed by atoms with E-state index in [2.05, 4.69) is 21.1 Å². The number of nitrogens with zero attached hydrogens (tertiary/aromatic N) is 4. The Morgan fingerprint density at radius 3 is 1.29 bits per heavy atom. The van der Waals surface area contributed by atoms with Crippen molar-refractivity contribution in [3.05, 3.63) is 138 Å². The Kier molecular flexibility index (Phi) is 13.6. The van der Waals surface area contributed by atoms with Crippen LogP contribution in [0.15, 0.2) is 95.1 Å². The minimum absolute atomic E-state index is 0. The maximum Gasteiger partial charge on any atom is 2.00 e. The molecule has 0 aliphatic rings. The maximum absolute atomic E-state index is 9.71. The molecule has 2 amide bonds. The molecule has 41 heavy (non-hydrogen) atoms. The largest absolute Gasteiger partial charge is 2.00 e. The molecule has 0 heterocycles. The summed E-state index contributed by atoms with van der Waals surface area (Å²) in [4.78, 5) is 19.4. The third kappa shape index (κ3) is 10.4. The third-order valence-electron chi connectivity index (χ3n) is 4.93. The van der Waals surface area contributed by atoms with Crippen molar-refractivity contribution < 1.29 is 36.6 Å². The standard InChI is InChI=1S/2C14H10Cl2N2O2.Co/c2*15-11-6-10(13(19)12(16)7-11)8-17-18-14(20)9-4-2-1-3-5-9;/h2*1-8H,(H2,17,18,19,20);/q;;+2/p+2. The molecule has 0 fully saturated rings. The fourth-order valence-electron chi connectivity index (χ4n) is 2.97. The Morgan fingerprint density at radius 1 is 0.610 bits per heavy atom. The summed E-state index contributed by atoms with van der Waals surface area (Å²) < 4.78 is 0. The first-order valence-corrected chi connectivity index (χ1v) is 12.8. The van der Waals surface area contributed by atoms with Crippen LogP contribution < -0.4 is 0 Å². The fourth-order valence-corrected chi connectivity index (χ4v) is 3.99. The average molecular weight is 679 g/mol. The SMILES string of the molecule is [Co+2].[OH+]=C([N-]N=Cc1cc(Cl)cc(Cl)c1[OH2+])c1ccccc1.[OH+]=C([N-]N=Cc1cc(Cl)cc(Cl)c1[OH2+])c1ccccc1. The summed E-state index contributed by atoms with van der Waals surface area (Å²) in [5, 5.41) is 24.2. The molecule has 0 aromatic heterocycles. The van der Waals surface area contributed by atoms with Gasteiger partial charge in [-0.05, 0) is 48.5 Å². The monoisotopic (exact) mass is 677 g/mol. The molecule has 211 valence electrons. The van der Waals surface area contributed by atoms with E-state index in [-0.39, 0.29) is 50.1 Å². The van der Waals surface area contributed by atoms with Crippen molar-refractivity contribution in [3.63, 3.8) is 0 Å². The summed E-state index contributed by atoms with van der Waals surface area (Å²) in [6, 6.07) is 23.7. The van der Waals surface area contributed by atoms with Gasteiger partial charge in [-0.25, -0.2) is 0 Å². The van der Waals surface area contributed by atoms with Gasteiger partial charge in [0, 0.05) is 22.5 Å². The predicted octanol–water partition coefficient (Wildman–Crippen LogP) is 7.38. The zero-order valence-corrected chi connectivity index (χ0v) is 24.8. The molecule has 0 bridgehead atoms. The van der Waals surface area contributed by atoms with Crippen LogP contribution in [0.25, 0.3) is 10.9 Å². The Bertz CT molecular complexity index is 1440. The van der Waals surface area contributed by atoms with Gasteiger partial charge in [-0.15, -0.1) is 0 Å². The number of halogens is 4. The Hall–Kier alpha value is -3.57. The molecule has 0 saturated carbocycles. The fraction of sp³-hybridized carbons (Fsp3) is 0. The number of amides is 2. The van der Waals surface area contributed by atoms with Gasteiger partial charge in [-0.1, -0.05) is 82.8 Å². The van der Waals surface area contributed by atoms with E-state index in [1.165, 1.54) is 24.6 Å². The molecule has 0 aliphatic carbocycles. The van der Waals surface area contributed by atoms with Crippen molar-refractivity contribution in [3.8, 4) is 11.5 Å². The van der Waals surface area contributed by atoms with Gasteiger partial charge in [0.15, 0.2) is 0 Å². The maximum atomic E-state index is 9.71. The number of hydrogen-bond donors (Lipinski definition) is 0. The van der Waals surface area contributed by atoms with Crippen molar-refractivity contribution in [2.45, 2.75) is 0 Å². The van der Waals surface area contributed by atoms with Gasteiger partial charge >= 0.3 is 16.8 Å². The number of hydrogen-bond acceptors (Lipinski definition) is 2. The molecular weight excluding hydrogens is 657 g/mol. The summed E-state index contributed by atoms with van der Waals surface area (Å²) in [7, 11) is 0. The zero-order chi connectivity index (χ0) is 29.1. The summed E-state index contributed by atoms with van der Waals surface area (Å²) in [5.41, 5.74) is 9.28. The second-order valence-corrected chi connectivity index (χ2v) is 9.46. The van der Waals surface area contributed by atoms with E-state index in [1.54, 1.807) is 60.7 Å². The van der Waals surface area contributed by atoms with Crippen molar-refractivity contribution in [1.29, 1.82) is 0 Å². The summed E-state index contributed by atoms with van der Waals surface area (Å²) >= 11 is 23.4. The molecule has 8 nitrogen and oxygen atoms in total. The molecule has 13 heteroatoms. The van der Waals surface area contributed by atoms with Crippen LogP contribution in [0, 0.1) is 0 Å². The summed E-state index contributed by atoms with van der Waals surface area (Å²) in [6.45, 7) is 0.